The Labute approximate surface area is 61.7 Å². The van der Waals surface area contributed by atoms with Crippen molar-refractivity contribution in [3.63, 3.8) is 0 Å². The molecule has 1 atom stereocenters. The number of hydrogen-bond acceptors (Lipinski definition) is 3. The van der Waals surface area contributed by atoms with Crippen molar-refractivity contribution in [2.45, 2.75) is 25.5 Å². The van der Waals surface area contributed by atoms with Crippen LogP contribution >= 0.6 is 12.6 Å². The van der Waals surface area contributed by atoms with Crippen LogP contribution in [0.3, 0.4) is 0 Å². The summed E-state index contributed by atoms with van der Waals surface area (Å²) in [5.74, 6) is 0. The second kappa shape index (κ2) is 5.95. The Morgan fingerprint density at radius 1 is 1.78 bits per heavy atom. The molecule has 2 nitrogen and oxygen atoms in total. The SMILES string of the molecule is CCON=CCC(C)S. The van der Waals surface area contributed by atoms with Gasteiger partial charge in [0.2, 0.25) is 0 Å². The van der Waals surface area contributed by atoms with E-state index in [9.17, 15) is 0 Å². The molecule has 0 bridgehead atoms. The molecule has 0 saturated carbocycles. The minimum atomic E-state index is 0.370. The molecule has 0 aromatic carbocycles. The van der Waals surface area contributed by atoms with Crippen molar-refractivity contribution in [1.29, 1.82) is 0 Å². The van der Waals surface area contributed by atoms with Crippen molar-refractivity contribution in [2.24, 2.45) is 5.16 Å². The van der Waals surface area contributed by atoms with Crippen molar-refractivity contribution >= 4 is 18.8 Å². The van der Waals surface area contributed by atoms with Crippen molar-refractivity contribution in [2.75, 3.05) is 6.61 Å². The van der Waals surface area contributed by atoms with Crippen LogP contribution in [0.25, 0.3) is 0 Å². The van der Waals surface area contributed by atoms with E-state index in [-0.39, 0.29) is 0 Å². The van der Waals surface area contributed by atoms with Crippen LogP contribution in [-0.2, 0) is 4.84 Å². The Balaban J connectivity index is 3.04. The van der Waals surface area contributed by atoms with E-state index < -0.39 is 0 Å². The molecule has 0 aromatic heterocycles. The number of oxime groups is 1. The number of rotatable bonds is 4. The van der Waals surface area contributed by atoms with Crippen LogP contribution in [0.15, 0.2) is 5.16 Å². The molecular weight excluding hydrogens is 134 g/mol. The van der Waals surface area contributed by atoms with E-state index in [2.05, 4.69) is 17.8 Å². The van der Waals surface area contributed by atoms with Crippen molar-refractivity contribution in [1.82, 2.24) is 0 Å². The zero-order valence-corrected chi connectivity index (χ0v) is 6.77. The molecule has 0 spiro atoms. The zero-order valence-electron chi connectivity index (χ0n) is 5.87. The summed E-state index contributed by atoms with van der Waals surface area (Å²) in [6.45, 7) is 4.56. The normalized spacial score (nSPS) is 14.1. The summed E-state index contributed by atoms with van der Waals surface area (Å²) in [5, 5.41) is 4.03. The molecule has 0 aliphatic heterocycles. The van der Waals surface area contributed by atoms with Gasteiger partial charge >= 0.3 is 0 Å². The van der Waals surface area contributed by atoms with Crippen LogP contribution < -0.4 is 0 Å². The number of nitrogens with zero attached hydrogens (tertiary/aromatic N) is 1. The second-order valence-electron chi connectivity index (χ2n) is 1.79. The number of thiol groups is 1. The Kier molecular flexibility index (Phi) is 5.83. The van der Waals surface area contributed by atoms with Gasteiger partial charge in [-0.05, 0) is 13.3 Å². The Morgan fingerprint density at radius 2 is 2.44 bits per heavy atom. The van der Waals surface area contributed by atoms with Crippen LogP contribution in [-0.4, -0.2) is 18.1 Å². The van der Waals surface area contributed by atoms with Gasteiger partial charge in [0.25, 0.3) is 0 Å². The van der Waals surface area contributed by atoms with Gasteiger partial charge in [-0.1, -0.05) is 12.1 Å². The topological polar surface area (TPSA) is 21.6 Å². The van der Waals surface area contributed by atoms with Crippen LogP contribution in [0.4, 0.5) is 0 Å². The summed E-state index contributed by atoms with van der Waals surface area (Å²) in [5.41, 5.74) is 0. The highest BCUT2D eigenvalue weighted by atomic mass is 32.1. The maximum atomic E-state index is 4.72. The molecule has 0 amide bonds. The summed E-state index contributed by atoms with van der Waals surface area (Å²) in [6.07, 6.45) is 2.60. The van der Waals surface area contributed by atoms with E-state index in [1.807, 2.05) is 13.8 Å². The average Bonchev–Trinajstić information content (AvgIpc) is 1.80. The summed E-state index contributed by atoms with van der Waals surface area (Å²) in [6, 6.07) is 0. The fourth-order valence-electron chi connectivity index (χ4n) is 0.323. The van der Waals surface area contributed by atoms with Gasteiger partial charge in [0, 0.05) is 11.5 Å². The lowest BCUT2D eigenvalue weighted by Gasteiger charge is -1.94. The largest absolute Gasteiger partial charge is 0.396 e. The Morgan fingerprint density at radius 3 is 2.89 bits per heavy atom. The standard InChI is InChI=1S/C6H13NOS/c1-3-8-7-5-4-6(2)9/h5-6,9H,3-4H2,1-2H3. The van der Waals surface area contributed by atoms with Crippen LogP contribution in [0, 0.1) is 0 Å². The highest BCUT2D eigenvalue weighted by molar-refractivity contribution is 7.80. The molecule has 0 radical (unpaired) electrons. The van der Waals surface area contributed by atoms with Crippen molar-refractivity contribution in [3.8, 4) is 0 Å². The molecule has 0 aliphatic carbocycles. The second-order valence-corrected chi connectivity index (χ2v) is 2.67. The van der Waals surface area contributed by atoms with Crippen LogP contribution in [0.5, 0.6) is 0 Å². The first kappa shape index (κ1) is 8.82. The first-order valence-electron chi connectivity index (χ1n) is 3.09. The first-order valence-corrected chi connectivity index (χ1v) is 3.60. The predicted octanol–water partition coefficient (Wildman–Crippen LogP) is 1.72. The van der Waals surface area contributed by atoms with Gasteiger partial charge < -0.3 is 4.84 Å². The fourth-order valence-corrected chi connectivity index (χ4v) is 0.417. The minimum Gasteiger partial charge on any atom is -0.396 e. The molecular formula is C6H13NOS. The Hall–Kier alpha value is -0.180. The van der Waals surface area contributed by atoms with Crippen molar-refractivity contribution < 1.29 is 4.84 Å². The van der Waals surface area contributed by atoms with Gasteiger partial charge in [-0.25, -0.2) is 0 Å². The van der Waals surface area contributed by atoms with E-state index in [1.165, 1.54) is 0 Å². The minimum absolute atomic E-state index is 0.370. The maximum absolute atomic E-state index is 4.72. The lowest BCUT2D eigenvalue weighted by Crippen LogP contribution is -1.91. The lowest BCUT2D eigenvalue weighted by atomic mass is 10.4. The molecule has 1 unspecified atom stereocenters. The molecule has 0 aliphatic rings. The first-order chi connectivity index (χ1) is 4.27. The fraction of sp³-hybridized carbons (Fsp3) is 0.833. The van der Waals surface area contributed by atoms with Crippen molar-refractivity contribution in [3.05, 3.63) is 0 Å². The molecule has 54 valence electrons. The van der Waals surface area contributed by atoms with Crippen LogP contribution in [0.2, 0.25) is 0 Å². The van der Waals surface area contributed by atoms with Gasteiger partial charge in [-0.2, -0.15) is 12.6 Å². The highest BCUT2D eigenvalue weighted by Crippen LogP contribution is 1.95. The summed E-state index contributed by atoms with van der Waals surface area (Å²) < 4.78 is 0. The van der Waals surface area contributed by atoms with E-state index in [4.69, 9.17) is 4.84 Å². The van der Waals surface area contributed by atoms with E-state index in [0.29, 0.717) is 11.9 Å². The zero-order chi connectivity index (χ0) is 7.11. The van der Waals surface area contributed by atoms with Crippen LogP contribution in [0.1, 0.15) is 20.3 Å². The third-order valence-corrected chi connectivity index (χ3v) is 0.936. The molecule has 0 saturated heterocycles. The average molecular weight is 147 g/mol. The lowest BCUT2D eigenvalue weighted by molar-refractivity contribution is 0.160. The smallest absolute Gasteiger partial charge is 0.114 e. The molecule has 9 heavy (non-hydrogen) atoms. The molecule has 0 fully saturated rings. The third kappa shape index (κ3) is 7.82. The quantitative estimate of drug-likeness (QED) is 0.365. The molecule has 0 rings (SSSR count). The number of hydrogen-bond donors (Lipinski definition) is 1. The van der Waals surface area contributed by atoms with Gasteiger partial charge in [0.15, 0.2) is 0 Å². The Bertz CT molecular complexity index is 83.1. The highest BCUT2D eigenvalue weighted by Gasteiger charge is 1.87. The van der Waals surface area contributed by atoms with E-state index in [0.717, 1.165) is 6.42 Å². The van der Waals surface area contributed by atoms with Gasteiger partial charge in [0.05, 0.1) is 0 Å². The summed E-state index contributed by atoms with van der Waals surface area (Å²) >= 11 is 4.15. The van der Waals surface area contributed by atoms with E-state index in [1.54, 1.807) is 6.21 Å². The van der Waals surface area contributed by atoms with Gasteiger partial charge in [0.1, 0.15) is 6.61 Å². The molecule has 3 heteroatoms. The third-order valence-electron chi connectivity index (χ3n) is 0.725. The monoisotopic (exact) mass is 147 g/mol. The van der Waals surface area contributed by atoms with E-state index >= 15 is 0 Å². The summed E-state index contributed by atoms with van der Waals surface area (Å²) in [4.78, 5) is 4.72. The molecule has 0 aromatic rings. The summed E-state index contributed by atoms with van der Waals surface area (Å²) in [7, 11) is 0. The predicted molar refractivity (Wildman–Crippen MR) is 43.2 cm³/mol. The molecule has 0 N–H and O–H groups in total. The molecule has 0 heterocycles. The van der Waals surface area contributed by atoms with Gasteiger partial charge in [-0.3, -0.25) is 0 Å². The maximum Gasteiger partial charge on any atom is 0.114 e. The van der Waals surface area contributed by atoms with Gasteiger partial charge in [-0.15, -0.1) is 0 Å².